The van der Waals surface area contributed by atoms with E-state index >= 15 is 0 Å². The molecule has 0 aliphatic rings. The first-order chi connectivity index (χ1) is 17.3. The van der Waals surface area contributed by atoms with Crippen LogP contribution in [0.5, 0.6) is 0 Å². The van der Waals surface area contributed by atoms with Gasteiger partial charge in [-0.05, 0) is 44.6 Å². The molecule has 3 nitrogen and oxygen atoms in total. The molecule has 0 aliphatic heterocycles. The first-order valence-corrected chi connectivity index (χ1v) is 14.7. The lowest BCUT2D eigenvalue weighted by Gasteiger charge is -2.03. The molecule has 1 aromatic heterocycles. The lowest BCUT2D eigenvalue weighted by molar-refractivity contribution is -0.145. The van der Waals surface area contributed by atoms with Crippen LogP contribution < -0.4 is 0 Å². The van der Waals surface area contributed by atoms with Gasteiger partial charge in [0.2, 0.25) is 0 Å². The van der Waals surface area contributed by atoms with Crippen LogP contribution in [0.15, 0.2) is 48.8 Å². The van der Waals surface area contributed by atoms with Crippen LogP contribution in [0.25, 0.3) is 0 Å². The SMILES string of the molecule is CCCCCCCCCCCCCCCC/C=C\CC/C=C\CCCC(=O)OCc1cccnc1. The van der Waals surface area contributed by atoms with E-state index in [0.717, 1.165) is 31.2 Å². The zero-order chi connectivity index (χ0) is 25.1. The number of carbonyl (C=O) groups is 1. The minimum atomic E-state index is -0.131. The zero-order valence-corrected chi connectivity index (χ0v) is 22.7. The molecule has 1 rings (SSSR count). The van der Waals surface area contributed by atoms with Crippen molar-refractivity contribution in [3.63, 3.8) is 0 Å². The molecule has 1 aromatic rings. The molecule has 3 heteroatoms. The maximum atomic E-state index is 11.8. The molecule has 0 aromatic carbocycles. The standard InChI is InChI=1S/C32H53NO2/c1-2-3-4-5-6-7-8-9-10-11-12-13-14-15-16-17-18-19-20-21-22-23-24-27-32(34)35-30-31-26-25-28-33-29-31/h17-18,21-22,25-26,28-29H,2-16,19-20,23-24,27,30H2,1H3/b18-17-,22-21-. The van der Waals surface area contributed by atoms with Gasteiger partial charge in [-0.25, -0.2) is 0 Å². The minimum Gasteiger partial charge on any atom is -0.461 e. The Morgan fingerprint density at radius 1 is 0.714 bits per heavy atom. The molecule has 0 aliphatic carbocycles. The molecule has 0 spiro atoms. The number of unbranched alkanes of at least 4 members (excludes halogenated alkanes) is 16. The Balaban J connectivity index is 1.77. The molecule has 0 saturated heterocycles. The van der Waals surface area contributed by atoms with E-state index in [9.17, 15) is 4.79 Å². The number of carbonyl (C=O) groups excluding carboxylic acids is 1. The van der Waals surface area contributed by atoms with Gasteiger partial charge in [0.05, 0.1) is 0 Å². The van der Waals surface area contributed by atoms with Gasteiger partial charge in [-0.1, -0.05) is 121 Å². The summed E-state index contributed by atoms with van der Waals surface area (Å²) in [5.74, 6) is -0.131. The van der Waals surface area contributed by atoms with E-state index in [-0.39, 0.29) is 5.97 Å². The van der Waals surface area contributed by atoms with Crippen molar-refractivity contribution in [2.45, 2.75) is 142 Å². The van der Waals surface area contributed by atoms with Crippen LogP contribution in [-0.4, -0.2) is 11.0 Å². The summed E-state index contributed by atoms with van der Waals surface area (Å²) in [4.78, 5) is 15.8. The van der Waals surface area contributed by atoms with Gasteiger partial charge in [0, 0.05) is 24.4 Å². The van der Waals surface area contributed by atoms with E-state index < -0.39 is 0 Å². The smallest absolute Gasteiger partial charge is 0.306 e. The lowest BCUT2D eigenvalue weighted by atomic mass is 10.0. The van der Waals surface area contributed by atoms with E-state index in [1.165, 1.54) is 96.3 Å². The van der Waals surface area contributed by atoms with E-state index in [2.05, 4.69) is 36.2 Å². The zero-order valence-electron chi connectivity index (χ0n) is 22.7. The second-order valence-corrected chi connectivity index (χ2v) is 9.82. The third-order valence-electron chi connectivity index (χ3n) is 6.43. The van der Waals surface area contributed by atoms with Crippen molar-refractivity contribution in [3.8, 4) is 0 Å². The summed E-state index contributed by atoms with van der Waals surface area (Å²) in [6, 6.07) is 3.76. The van der Waals surface area contributed by atoms with Gasteiger partial charge in [-0.2, -0.15) is 0 Å². The molecule has 198 valence electrons. The monoisotopic (exact) mass is 483 g/mol. The first-order valence-electron chi connectivity index (χ1n) is 14.7. The fraction of sp³-hybridized carbons (Fsp3) is 0.688. The molecular weight excluding hydrogens is 430 g/mol. The maximum absolute atomic E-state index is 11.8. The van der Waals surface area contributed by atoms with Crippen LogP contribution >= 0.6 is 0 Å². The number of allylic oxidation sites excluding steroid dienone is 4. The largest absolute Gasteiger partial charge is 0.461 e. The maximum Gasteiger partial charge on any atom is 0.306 e. The Morgan fingerprint density at radius 2 is 1.23 bits per heavy atom. The molecule has 35 heavy (non-hydrogen) atoms. The van der Waals surface area contributed by atoms with E-state index in [0.29, 0.717) is 13.0 Å². The normalized spacial score (nSPS) is 11.6. The summed E-state index contributed by atoms with van der Waals surface area (Å²) in [5, 5.41) is 0. The number of pyridine rings is 1. The van der Waals surface area contributed by atoms with Crippen molar-refractivity contribution in [1.82, 2.24) is 4.98 Å². The Labute approximate surface area is 216 Å². The van der Waals surface area contributed by atoms with E-state index in [1.54, 1.807) is 12.4 Å². The Hall–Kier alpha value is -1.90. The quantitative estimate of drug-likeness (QED) is 0.0834. The number of esters is 1. The summed E-state index contributed by atoms with van der Waals surface area (Å²) in [6.07, 6.45) is 38.1. The number of rotatable bonds is 24. The second kappa shape index (κ2) is 25.2. The Bertz CT molecular complexity index is 638. The molecule has 0 saturated carbocycles. The molecule has 0 radical (unpaired) electrons. The third-order valence-corrected chi connectivity index (χ3v) is 6.43. The van der Waals surface area contributed by atoms with Crippen molar-refractivity contribution in [2.75, 3.05) is 0 Å². The second-order valence-electron chi connectivity index (χ2n) is 9.82. The molecule has 0 fully saturated rings. The van der Waals surface area contributed by atoms with Gasteiger partial charge in [0.25, 0.3) is 0 Å². The topological polar surface area (TPSA) is 39.2 Å². The number of hydrogen-bond donors (Lipinski definition) is 0. The van der Waals surface area contributed by atoms with Gasteiger partial charge in [-0.15, -0.1) is 0 Å². The van der Waals surface area contributed by atoms with Gasteiger partial charge < -0.3 is 4.74 Å². The highest BCUT2D eigenvalue weighted by atomic mass is 16.5. The molecular formula is C32H53NO2. The summed E-state index contributed by atoms with van der Waals surface area (Å²) < 4.78 is 5.27. The molecule has 0 unspecified atom stereocenters. The van der Waals surface area contributed by atoms with Gasteiger partial charge in [0.15, 0.2) is 0 Å². The fourth-order valence-electron chi connectivity index (χ4n) is 4.20. The third kappa shape index (κ3) is 22.3. The Morgan fingerprint density at radius 3 is 1.77 bits per heavy atom. The average Bonchev–Trinajstić information content (AvgIpc) is 2.88. The molecule has 0 N–H and O–H groups in total. The number of ether oxygens (including phenoxy) is 1. The van der Waals surface area contributed by atoms with Crippen molar-refractivity contribution in [3.05, 3.63) is 54.4 Å². The van der Waals surface area contributed by atoms with Gasteiger partial charge in [0.1, 0.15) is 6.61 Å². The van der Waals surface area contributed by atoms with Gasteiger partial charge >= 0.3 is 5.97 Å². The lowest BCUT2D eigenvalue weighted by Crippen LogP contribution is -2.04. The van der Waals surface area contributed by atoms with E-state index in [1.807, 2.05) is 12.1 Å². The minimum absolute atomic E-state index is 0.131. The average molecular weight is 484 g/mol. The Kier molecular flexibility index (Phi) is 22.4. The number of nitrogens with zero attached hydrogens (tertiary/aromatic N) is 1. The van der Waals surface area contributed by atoms with Crippen LogP contribution in [0.4, 0.5) is 0 Å². The van der Waals surface area contributed by atoms with Gasteiger partial charge in [-0.3, -0.25) is 9.78 Å². The number of hydrogen-bond acceptors (Lipinski definition) is 3. The van der Waals surface area contributed by atoms with Crippen LogP contribution in [0.3, 0.4) is 0 Å². The first kappa shape index (κ1) is 31.1. The number of aromatic nitrogens is 1. The van der Waals surface area contributed by atoms with E-state index in [4.69, 9.17) is 4.74 Å². The van der Waals surface area contributed by atoms with Crippen LogP contribution in [0.1, 0.15) is 141 Å². The highest BCUT2D eigenvalue weighted by Crippen LogP contribution is 2.13. The van der Waals surface area contributed by atoms with Crippen molar-refractivity contribution >= 4 is 5.97 Å². The summed E-state index contributed by atoms with van der Waals surface area (Å²) in [5.41, 5.74) is 0.929. The summed E-state index contributed by atoms with van der Waals surface area (Å²) >= 11 is 0. The molecule has 0 bridgehead atoms. The molecule has 0 amide bonds. The highest BCUT2D eigenvalue weighted by Gasteiger charge is 2.02. The van der Waals surface area contributed by atoms with Crippen LogP contribution in [0, 0.1) is 0 Å². The molecule has 1 heterocycles. The molecule has 0 atom stereocenters. The van der Waals surface area contributed by atoms with Crippen LogP contribution in [-0.2, 0) is 16.1 Å². The fourth-order valence-corrected chi connectivity index (χ4v) is 4.20. The van der Waals surface area contributed by atoms with Crippen molar-refractivity contribution in [2.24, 2.45) is 0 Å². The summed E-state index contributed by atoms with van der Waals surface area (Å²) in [7, 11) is 0. The van der Waals surface area contributed by atoms with Crippen molar-refractivity contribution < 1.29 is 9.53 Å². The van der Waals surface area contributed by atoms with Crippen LogP contribution in [0.2, 0.25) is 0 Å². The highest BCUT2D eigenvalue weighted by molar-refractivity contribution is 5.69. The van der Waals surface area contributed by atoms with Crippen molar-refractivity contribution in [1.29, 1.82) is 0 Å². The predicted molar refractivity (Wildman–Crippen MR) is 150 cm³/mol. The predicted octanol–water partition coefficient (Wildman–Crippen LogP) is 10.1. The summed E-state index contributed by atoms with van der Waals surface area (Å²) in [6.45, 7) is 2.60.